The van der Waals surface area contributed by atoms with Crippen molar-refractivity contribution in [3.05, 3.63) is 34.1 Å². The van der Waals surface area contributed by atoms with Gasteiger partial charge >= 0.3 is 0 Å². The Morgan fingerprint density at radius 3 is 2.31 bits per heavy atom. The van der Waals surface area contributed by atoms with Crippen LogP contribution in [0.25, 0.3) is 0 Å². The van der Waals surface area contributed by atoms with Gasteiger partial charge < -0.3 is 0 Å². The number of rotatable bonds is 5. The van der Waals surface area contributed by atoms with Crippen molar-refractivity contribution in [2.24, 2.45) is 5.41 Å². The highest BCUT2D eigenvalue weighted by Gasteiger charge is 2.25. The predicted molar refractivity (Wildman–Crippen MR) is 71.5 cm³/mol. The first kappa shape index (κ1) is 14.0. The van der Waals surface area contributed by atoms with E-state index in [2.05, 4.69) is 29.8 Å². The third kappa shape index (κ3) is 3.46. The van der Waals surface area contributed by atoms with Gasteiger partial charge in [-0.25, -0.2) is 4.39 Å². The summed E-state index contributed by atoms with van der Waals surface area (Å²) < 4.78 is 14.0. The standard InChI is InChI=1S/C13H17BrClF/c1-3-13(4-2,9-15)8-10-5-11(14)7-12(16)6-10/h5-7H,3-4,8-9H2,1-2H3. The molecule has 0 amide bonds. The maximum absolute atomic E-state index is 13.3. The Morgan fingerprint density at radius 2 is 1.88 bits per heavy atom. The Morgan fingerprint density at radius 1 is 1.25 bits per heavy atom. The van der Waals surface area contributed by atoms with Crippen LogP contribution in [0.4, 0.5) is 4.39 Å². The van der Waals surface area contributed by atoms with Crippen LogP contribution >= 0.6 is 27.5 Å². The van der Waals surface area contributed by atoms with Crippen molar-refractivity contribution in [3.8, 4) is 0 Å². The molecule has 0 spiro atoms. The number of hydrogen-bond acceptors (Lipinski definition) is 0. The van der Waals surface area contributed by atoms with Crippen molar-refractivity contribution >= 4 is 27.5 Å². The van der Waals surface area contributed by atoms with E-state index in [9.17, 15) is 4.39 Å². The molecule has 0 nitrogen and oxygen atoms in total. The molecule has 0 radical (unpaired) electrons. The molecule has 1 aromatic carbocycles. The Kier molecular flexibility index (Phi) is 5.26. The topological polar surface area (TPSA) is 0 Å². The van der Waals surface area contributed by atoms with Crippen LogP contribution < -0.4 is 0 Å². The molecule has 0 saturated carbocycles. The van der Waals surface area contributed by atoms with Crippen molar-refractivity contribution in [3.63, 3.8) is 0 Å². The molecule has 0 N–H and O–H groups in total. The molecule has 3 heteroatoms. The van der Waals surface area contributed by atoms with Crippen molar-refractivity contribution < 1.29 is 4.39 Å². The lowest BCUT2D eigenvalue weighted by molar-refractivity contribution is 0.301. The second-order valence-electron chi connectivity index (χ2n) is 4.30. The first-order valence-corrected chi connectivity index (χ1v) is 6.89. The summed E-state index contributed by atoms with van der Waals surface area (Å²) in [5, 5.41) is 0. The number of alkyl halides is 1. The Hall–Kier alpha value is -0.0800. The van der Waals surface area contributed by atoms with Gasteiger partial charge in [0.25, 0.3) is 0 Å². The monoisotopic (exact) mass is 306 g/mol. The number of benzene rings is 1. The van der Waals surface area contributed by atoms with Gasteiger partial charge in [0, 0.05) is 10.4 Å². The highest BCUT2D eigenvalue weighted by molar-refractivity contribution is 9.10. The molecule has 0 atom stereocenters. The minimum absolute atomic E-state index is 0.0921. The SMILES string of the molecule is CCC(CC)(CCl)Cc1cc(F)cc(Br)c1. The molecule has 0 unspecified atom stereocenters. The van der Waals surface area contributed by atoms with Crippen LogP contribution in [0.5, 0.6) is 0 Å². The van der Waals surface area contributed by atoms with E-state index in [1.807, 2.05) is 6.07 Å². The van der Waals surface area contributed by atoms with Crippen molar-refractivity contribution in [1.29, 1.82) is 0 Å². The van der Waals surface area contributed by atoms with Crippen LogP contribution in [0.1, 0.15) is 32.3 Å². The summed E-state index contributed by atoms with van der Waals surface area (Å²) in [5.74, 6) is 0.425. The van der Waals surface area contributed by atoms with Gasteiger partial charge in [-0.1, -0.05) is 29.8 Å². The summed E-state index contributed by atoms with van der Waals surface area (Å²) in [6, 6.07) is 5.04. The zero-order valence-corrected chi connectivity index (χ0v) is 12.0. The molecule has 0 heterocycles. The Bertz CT molecular complexity index is 319. The normalized spacial score (nSPS) is 11.8. The van der Waals surface area contributed by atoms with Crippen LogP contribution in [0.3, 0.4) is 0 Å². The quantitative estimate of drug-likeness (QED) is 0.658. The van der Waals surface area contributed by atoms with Crippen molar-refractivity contribution in [2.75, 3.05) is 5.88 Å². The second kappa shape index (κ2) is 6.02. The third-order valence-corrected chi connectivity index (χ3v) is 4.31. The zero-order chi connectivity index (χ0) is 12.2. The molecule has 16 heavy (non-hydrogen) atoms. The van der Waals surface area contributed by atoms with E-state index in [4.69, 9.17) is 11.6 Å². The lowest BCUT2D eigenvalue weighted by Gasteiger charge is -2.29. The highest BCUT2D eigenvalue weighted by Crippen LogP contribution is 2.33. The summed E-state index contributed by atoms with van der Waals surface area (Å²) >= 11 is 9.36. The molecular formula is C13H17BrClF. The summed E-state index contributed by atoms with van der Waals surface area (Å²) in [5.41, 5.74) is 1.10. The fraction of sp³-hybridized carbons (Fsp3) is 0.538. The fourth-order valence-electron chi connectivity index (χ4n) is 1.88. The molecule has 1 aromatic rings. The van der Waals surface area contributed by atoms with Crippen LogP contribution in [0.15, 0.2) is 22.7 Å². The molecule has 0 aliphatic carbocycles. The first-order valence-electron chi connectivity index (χ1n) is 5.56. The van der Waals surface area contributed by atoms with Crippen molar-refractivity contribution in [2.45, 2.75) is 33.1 Å². The van der Waals surface area contributed by atoms with E-state index in [0.717, 1.165) is 29.3 Å². The summed E-state index contributed by atoms with van der Waals surface area (Å²) in [6.45, 7) is 4.28. The minimum atomic E-state index is -0.194. The average molecular weight is 308 g/mol. The van der Waals surface area contributed by atoms with Gasteiger partial charge in [0.05, 0.1) is 0 Å². The van der Waals surface area contributed by atoms with E-state index in [1.54, 1.807) is 6.07 Å². The molecule has 0 fully saturated rings. The first-order chi connectivity index (χ1) is 7.55. The van der Waals surface area contributed by atoms with Crippen LogP contribution in [-0.2, 0) is 6.42 Å². The average Bonchev–Trinajstić information content (AvgIpc) is 2.25. The highest BCUT2D eigenvalue weighted by atomic mass is 79.9. The largest absolute Gasteiger partial charge is 0.207 e. The van der Waals surface area contributed by atoms with E-state index in [-0.39, 0.29) is 11.2 Å². The van der Waals surface area contributed by atoms with Crippen LogP contribution in [-0.4, -0.2) is 5.88 Å². The summed E-state index contributed by atoms with van der Waals surface area (Å²) in [6.07, 6.45) is 2.86. The smallest absolute Gasteiger partial charge is 0.124 e. The lowest BCUT2D eigenvalue weighted by atomic mass is 9.79. The third-order valence-electron chi connectivity index (χ3n) is 3.28. The molecule has 0 aliphatic rings. The van der Waals surface area contributed by atoms with Gasteiger partial charge in [0.2, 0.25) is 0 Å². The number of hydrogen-bond donors (Lipinski definition) is 0. The molecular weight excluding hydrogens is 290 g/mol. The molecule has 0 bridgehead atoms. The van der Waals surface area contributed by atoms with Gasteiger partial charge in [-0.05, 0) is 48.4 Å². The number of halogens is 3. The Labute approximate surface area is 110 Å². The predicted octanol–water partition coefficient (Wildman–Crippen LogP) is 5.18. The molecule has 0 saturated heterocycles. The molecule has 90 valence electrons. The van der Waals surface area contributed by atoms with E-state index in [0.29, 0.717) is 5.88 Å². The van der Waals surface area contributed by atoms with Gasteiger partial charge in [0.15, 0.2) is 0 Å². The van der Waals surface area contributed by atoms with E-state index < -0.39 is 0 Å². The molecule has 0 aliphatic heterocycles. The maximum atomic E-state index is 13.3. The van der Waals surface area contributed by atoms with Gasteiger partial charge in [-0.2, -0.15) is 0 Å². The second-order valence-corrected chi connectivity index (χ2v) is 5.48. The fourth-order valence-corrected chi connectivity index (χ4v) is 2.87. The summed E-state index contributed by atoms with van der Waals surface area (Å²) in [7, 11) is 0. The van der Waals surface area contributed by atoms with Crippen molar-refractivity contribution in [1.82, 2.24) is 0 Å². The van der Waals surface area contributed by atoms with E-state index in [1.165, 1.54) is 6.07 Å². The van der Waals surface area contributed by atoms with Gasteiger partial charge in [0.1, 0.15) is 5.82 Å². The Balaban J connectivity index is 2.93. The maximum Gasteiger partial charge on any atom is 0.124 e. The van der Waals surface area contributed by atoms with Crippen LogP contribution in [0.2, 0.25) is 0 Å². The van der Waals surface area contributed by atoms with E-state index >= 15 is 0 Å². The van der Waals surface area contributed by atoms with Gasteiger partial charge in [-0.3, -0.25) is 0 Å². The van der Waals surface area contributed by atoms with Gasteiger partial charge in [-0.15, -0.1) is 11.6 Å². The minimum Gasteiger partial charge on any atom is -0.207 e. The lowest BCUT2D eigenvalue weighted by Crippen LogP contribution is -2.24. The molecule has 1 rings (SSSR count). The zero-order valence-electron chi connectivity index (χ0n) is 9.69. The van der Waals surface area contributed by atoms with Crippen LogP contribution in [0, 0.1) is 11.2 Å². The summed E-state index contributed by atoms with van der Waals surface area (Å²) in [4.78, 5) is 0. The molecule has 0 aromatic heterocycles.